The molecule has 1 unspecified atom stereocenters. The standard InChI is InChI=1S/C18H21Cl2N/c1-12-4-5-13(2)17(10-12)14(3)21-9-8-15-6-7-16(19)11-18(15)20/h4-7,10-11,14,21H,8-9H2,1-3H3. The highest BCUT2D eigenvalue weighted by Crippen LogP contribution is 2.22. The third-order valence-corrected chi connectivity index (χ3v) is 4.35. The molecule has 2 aromatic carbocycles. The molecule has 112 valence electrons. The number of hydrogen-bond acceptors (Lipinski definition) is 1. The third kappa shape index (κ3) is 4.47. The molecule has 0 saturated heterocycles. The summed E-state index contributed by atoms with van der Waals surface area (Å²) < 4.78 is 0. The fraction of sp³-hybridized carbons (Fsp3) is 0.333. The van der Waals surface area contributed by atoms with Crippen molar-refractivity contribution in [2.24, 2.45) is 0 Å². The van der Waals surface area contributed by atoms with E-state index < -0.39 is 0 Å². The van der Waals surface area contributed by atoms with Gasteiger partial charge in [0.25, 0.3) is 0 Å². The van der Waals surface area contributed by atoms with Crippen LogP contribution in [-0.2, 0) is 6.42 Å². The van der Waals surface area contributed by atoms with E-state index in [2.05, 4.69) is 44.3 Å². The van der Waals surface area contributed by atoms with Gasteiger partial charge in [-0.3, -0.25) is 0 Å². The molecule has 0 saturated carbocycles. The summed E-state index contributed by atoms with van der Waals surface area (Å²) in [6, 6.07) is 12.6. The number of nitrogens with one attached hydrogen (secondary N) is 1. The highest BCUT2D eigenvalue weighted by molar-refractivity contribution is 6.35. The first-order chi connectivity index (χ1) is 9.97. The molecule has 0 aromatic heterocycles. The molecule has 1 N–H and O–H groups in total. The molecule has 0 fully saturated rings. The van der Waals surface area contributed by atoms with Crippen molar-refractivity contribution in [1.29, 1.82) is 0 Å². The first kappa shape index (κ1) is 16.4. The second-order valence-corrected chi connectivity index (χ2v) is 6.37. The molecule has 3 heteroatoms. The Labute approximate surface area is 137 Å². The van der Waals surface area contributed by atoms with Gasteiger partial charge in [-0.25, -0.2) is 0 Å². The van der Waals surface area contributed by atoms with Crippen LogP contribution in [0.3, 0.4) is 0 Å². The van der Waals surface area contributed by atoms with Crippen LogP contribution in [0.2, 0.25) is 10.0 Å². The Hall–Kier alpha value is -1.02. The van der Waals surface area contributed by atoms with Crippen LogP contribution in [0.5, 0.6) is 0 Å². The summed E-state index contributed by atoms with van der Waals surface area (Å²) in [7, 11) is 0. The topological polar surface area (TPSA) is 12.0 Å². The zero-order chi connectivity index (χ0) is 15.4. The number of hydrogen-bond donors (Lipinski definition) is 1. The summed E-state index contributed by atoms with van der Waals surface area (Å²) in [6.07, 6.45) is 0.894. The van der Waals surface area contributed by atoms with Crippen LogP contribution in [0, 0.1) is 13.8 Å². The highest BCUT2D eigenvalue weighted by Gasteiger charge is 2.08. The first-order valence-electron chi connectivity index (χ1n) is 7.22. The minimum atomic E-state index is 0.330. The monoisotopic (exact) mass is 321 g/mol. The average molecular weight is 322 g/mol. The van der Waals surface area contributed by atoms with Crippen LogP contribution in [0.4, 0.5) is 0 Å². The number of halogens is 2. The molecule has 0 aliphatic carbocycles. The van der Waals surface area contributed by atoms with E-state index in [1.165, 1.54) is 16.7 Å². The summed E-state index contributed by atoms with van der Waals surface area (Å²) in [6.45, 7) is 7.37. The van der Waals surface area contributed by atoms with Crippen molar-refractivity contribution in [2.45, 2.75) is 33.2 Å². The average Bonchev–Trinajstić information content (AvgIpc) is 2.43. The van der Waals surface area contributed by atoms with Crippen LogP contribution in [0.15, 0.2) is 36.4 Å². The van der Waals surface area contributed by atoms with Gasteiger partial charge >= 0.3 is 0 Å². The van der Waals surface area contributed by atoms with E-state index in [1.54, 1.807) is 6.07 Å². The molecule has 0 bridgehead atoms. The van der Waals surface area contributed by atoms with E-state index in [0.29, 0.717) is 11.1 Å². The molecule has 2 rings (SSSR count). The number of benzene rings is 2. The quantitative estimate of drug-likeness (QED) is 0.766. The van der Waals surface area contributed by atoms with E-state index in [1.807, 2.05) is 12.1 Å². The largest absolute Gasteiger partial charge is 0.310 e. The molecule has 2 aromatic rings. The van der Waals surface area contributed by atoms with Gasteiger partial charge in [0.1, 0.15) is 0 Å². The zero-order valence-electron chi connectivity index (χ0n) is 12.7. The molecule has 0 spiro atoms. The lowest BCUT2D eigenvalue weighted by molar-refractivity contribution is 0.574. The summed E-state index contributed by atoms with van der Waals surface area (Å²) in [4.78, 5) is 0. The third-order valence-electron chi connectivity index (χ3n) is 3.76. The lowest BCUT2D eigenvalue weighted by Crippen LogP contribution is -2.22. The van der Waals surface area contributed by atoms with Gasteiger partial charge in [0, 0.05) is 16.1 Å². The summed E-state index contributed by atoms with van der Waals surface area (Å²) in [5.74, 6) is 0. The Morgan fingerprint density at radius 1 is 1.05 bits per heavy atom. The maximum Gasteiger partial charge on any atom is 0.0453 e. The fourth-order valence-electron chi connectivity index (χ4n) is 2.48. The van der Waals surface area contributed by atoms with Crippen LogP contribution in [-0.4, -0.2) is 6.54 Å². The van der Waals surface area contributed by atoms with E-state index in [-0.39, 0.29) is 0 Å². The van der Waals surface area contributed by atoms with E-state index in [0.717, 1.165) is 23.6 Å². The van der Waals surface area contributed by atoms with Crippen molar-refractivity contribution in [1.82, 2.24) is 5.32 Å². The van der Waals surface area contributed by atoms with E-state index >= 15 is 0 Å². The predicted molar refractivity (Wildman–Crippen MR) is 92.5 cm³/mol. The van der Waals surface area contributed by atoms with Crippen LogP contribution in [0.25, 0.3) is 0 Å². The maximum absolute atomic E-state index is 6.20. The molecule has 0 aliphatic heterocycles. The van der Waals surface area contributed by atoms with Crippen molar-refractivity contribution in [2.75, 3.05) is 6.54 Å². The number of aryl methyl sites for hydroxylation is 2. The van der Waals surface area contributed by atoms with Crippen molar-refractivity contribution in [3.63, 3.8) is 0 Å². The summed E-state index contributed by atoms with van der Waals surface area (Å²) in [5.41, 5.74) is 5.11. The minimum absolute atomic E-state index is 0.330. The van der Waals surface area contributed by atoms with Crippen LogP contribution < -0.4 is 5.32 Å². The van der Waals surface area contributed by atoms with Gasteiger partial charge < -0.3 is 5.32 Å². The lowest BCUT2D eigenvalue weighted by Gasteiger charge is -2.17. The Morgan fingerprint density at radius 2 is 1.81 bits per heavy atom. The van der Waals surface area contributed by atoms with Crippen molar-refractivity contribution < 1.29 is 0 Å². The Bertz CT molecular complexity index is 623. The summed E-state index contributed by atoms with van der Waals surface area (Å²) in [5, 5.41) is 4.99. The van der Waals surface area contributed by atoms with Gasteiger partial charge in [0.15, 0.2) is 0 Å². The summed E-state index contributed by atoms with van der Waals surface area (Å²) >= 11 is 12.1. The van der Waals surface area contributed by atoms with Gasteiger partial charge in [-0.15, -0.1) is 0 Å². The highest BCUT2D eigenvalue weighted by atomic mass is 35.5. The SMILES string of the molecule is Cc1ccc(C)c(C(C)NCCc2ccc(Cl)cc2Cl)c1. The molecule has 0 aliphatic rings. The van der Waals surface area contributed by atoms with Gasteiger partial charge in [-0.1, -0.05) is 53.0 Å². The Kier molecular flexibility index (Phi) is 5.69. The number of rotatable bonds is 5. The van der Waals surface area contributed by atoms with E-state index in [4.69, 9.17) is 23.2 Å². The van der Waals surface area contributed by atoms with Crippen molar-refractivity contribution in [3.8, 4) is 0 Å². The molecule has 0 radical (unpaired) electrons. The molecular weight excluding hydrogens is 301 g/mol. The molecule has 0 heterocycles. The molecular formula is C18H21Cl2N. The second kappa shape index (κ2) is 7.31. The molecule has 0 amide bonds. The van der Waals surface area contributed by atoms with Crippen molar-refractivity contribution >= 4 is 23.2 Å². The predicted octanol–water partition coefficient (Wildman–Crippen LogP) is 5.50. The first-order valence-corrected chi connectivity index (χ1v) is 7.97. The minimum Gasteiger partial charge on any atom is -0.310 e. The second-order valence-electron chi connectivity index (χ2n) is 5.52. The van der Waals surface area contributed by atoms with Gasteiger partial charge in [0.05, 0.1) is 0 Å². The van der Waals surface area contributed by atoms with Crippen LogP contribution >= 0.6 is 23.2 Å². The zero-order valence-corrected chi connectivity index (χ0v) is 14.2. The van der Waals surface area contributed by atoms with Gasteiger partial charge in [0.2, 0.25) is 0 Å². The fourth-order valence-corrected chi connectivity index (χ4v) is 2.99. The van der Waals surface area contributed by atoms with Gasteiger partial charge in [-0.05, 0) is 62.6 Å². The molecule has 1 atom stereocenters. The normalized spacial score (nSPS) is 12.4. The van der Waals surface area contributed by atoms with Gasteiger partial charge in [-0.2, -0.15) is 0 Å². The Balaban J connectivity index is 1.95. The lowest BCUT2D eigenvalue weighted by atomic mass is 10.00. The molecule has 21 heavy (non-hydrogen) atoms. The Morgan fingerprint density at radius 3 is 2.52 bits per heavy atom. The van der Waals surface area contributed by atoms with E-state index in [9.17, 15) is 0 Å². The molecule has 1 nitrogen and oxygen atoms in total. The van der Waals surface area contributed by atoms with Crippen molar-refractivity contribution in [3.05, 3.63) is 68.7 Å². The van der Waals surface area contributed by atoms with Crippen LogP contribution in [0.1, 0.15) is 35.2 Å². The smallest absolute Gasteiger partial charge is 0.0453 e. The maximum atomic E-state index is 6.20.